The third-order valence-electron chi connectivity index (χ3n) is 21.7. The number of rotatable bonds is 2. The zero-order valence-electron chi connectivity index (χ0n) is 49.5. The van der Waals surface area contributed by atoms with Crippen molar-refractivity contribution in [1.82, 2.24) is 9.44 Å². The van der Waals surface area contributed by atoms with Gasteiger partial charge in [0.25, 0.3) is 11.8 Å². The average Bonchev–Trinajstić information content (AvgIpc) is 1.66. The zero-order valence-corrected chi connectivity index (χ0v) is 52.7. The summed E-state index contributed by atoms with van der Waals surface area (Å²) in [5.74, 6) is 2.22. The Morgan fingerprint density at radius 3 is 1.38 bits per heavy atom. The van der Waals surface area contributed by atoms with Gasteiger partial charge in [-0.3, -0.25) is 9.59 Å². The summed E-state index contributed by atoms with van der Waals surface area (Å²) in [4.78, 5) is 31.7. The number of anilines is 2. The molecule has 8 bridgehead atoms. The standard InChI is InChI=1S/2C34H41ClN2O5S/c2*1-41-31-13-7-22-4-2-6-27(16-22)43(39,40)36-33(38)24-9-14-32-30(18-24)37(19-25-8-11-28(25)31)20-34(21-42-32)15-3-5-23-17-26(35)10-12-29(23)34/h2*7,9-10,12-14,17-18,22,25,27-28,31H,2-6,8,11,15-16,19-21H2,1H3,(H,36,38)/b2*13-7+/t22?,25-,27+,28+,31-,34-;22-,25+,27+,28-,31+,34+/m01/s1. The van der Waals surface area contributed by atoms with Crippen LogP contribution in [0.3, 0.4) is 0 Å². The van der Waals surface area contributed by atoms with Crippen molar-refractivity contribution >= 4 is 66.4 Å². The average molecular weight is 1250 g/mol. The maximum Gasteiger partial charge on any atom is 0.264 e. The van der Waals surface area contributed by atoms with Gasteiger partial charge in [-0.15, -0.1) is 0 Å². The van der Waals surface area contributed by atoms with E-state index in [-0.39, 0.29) is 34.9 Å². The minimum Gasteiger partial charge on any atom is -0.490 e. The van der Waals surface area contributed by atoms with E-state index in [1.807, 2.05) is 36.4 Å². The van der Waals surface area contributed by atoms with Crippen LogP contribution in [-0.4, -0.2) is 105 Å². The van der Waals surface area contributed by atoms with Gasteiger partial charge in [-0.05, 0) is 221 Å². The van der Waals surface area contributed by atoms with Gasteiger partial charge >= 0.3 is 0 Å². The minimum atomic E-state index is -3.83. The fraction of sp³-hybridized carbons (Fsp3) is 0.559. The normalized spacial score (nSPS) is 34.0. The topological polar surface area (TPSA) is 170 Å². The first kappa shape index (κ1) is 59.8. The van der Waals surface area contributed by atoms with Crippen molar-refractivity contribution in [3.63, 3.8) is 0 Å². The highest BCUT2D eigenvalue weighted by atomic mass is 35.5. The molecule has 4 aliphatic heterocycles. The number of hydrogen-bond donors (Lipinski definition) is 2. The van der Waals surface area contributed by atoms with Gasteiger partial charge in [0.15, 0.2) is 0 Å². The lowest BCUT2D eigenvalue weighted by Gasteiger charge is -2.46. The second kappa shape index (κ2) is 24.4. The lowest BCUT2D eigenvalue weighted by Crippen LogP contribution is -2.49. The fourth-order valence-corrected chi connectivity index (χ4v) is 20.2. The fourth-order valence-electron chi connectivity index (χ4n) is 16.7. The van der Waals surface area contributed by atoms with Crippen LogP contribution in [0.25, 0.3) is 0 Å². The molecule has 2 N–H and O–H groups in total. The molecule has 4 aromatic rings. The molecule has 460 valence electrons. The zero-order chi connectivity index (χ0) is 59.5. The van der Waals surface area contributed by atoms with Gasteiger partial charge in [-0.25, -0.2) is 26.3 Å². The highest BCUT2D eigenvalue weighted by Gasteiger charge is 2.47. The van der Waals surface area contributed by atoms with Crippen LogP contribution in [-0.2, 0) is 53.2 Å². The summed E-state index contributed by atoms with van der Waals surface area (Å²) in [6.45, 7) is 4.19. The largest absolute Gasteiger partial charge is 0.490 e. The Kier molecular flexibility index (Phi) is 16.9. The molecule has 1 unspecified atom stereocenters. The molecule has 10 aliphatic rings. The van der Waals surface area contributed by atoms with Crippen molar-refractivity contribution in [3.05, 3.63) is 141 Å². The molecule has 86 heavy (non-hydrogen) atoms. The Hall–Kier alpha value is -5.10. The SMILES string of the molecule is CO[C@H]1/C=C/C2CCC[C@H](C2)S(=O)(=O)NC(=O)c2ccc3c(c2)N(C[C@@H]2CC[C@H]21)C[C@@]1(CCCc2cc(Cl)ccc21)CO3.CO[C@H]1/C=C/[C@H]2CCC[C@@H](C2)S(=O)(=O)NC(=O)c2ccc3c(c2)N(C[C@@H]2CC[C@H]21)C[C@@]1(CCCc2cc(Cl)ccc21)CO3. The number of amides is 2. The third-order valence-corrected chi connectivity index (χ3v) is 25.7. The number of halogens is 2. The number of nitrogens with one attached hydrogen (secondary N) is 2. The van der Waals surface area contributed by atoms with Crippen LogP contribution in [0, 0.1) is 35.5 Å². The molecule has 4 fully saturated rings. The number of nitrogens with zero attached hydrogens (tertiary/aromatic N) is 2. The molecule has 0 radical (unpaired) electrons. The number of ether oxygens (including phenoxy) is 4. The summed E-state index contributed by atoms with van der Waals surface area (Å²) in [5, 5.41) is 0.324. The Morgan fingerprint density at radius 2 is 0.977 bits per heavy atom. The first-order valence-corrected chi connectivity index (χ1v) is 35.5. The van der Waals surface area contributed by atoms with Crippen LogP contribution in [0.4, 0.5) is 11.4 Å². The van der Waals surface area contributed by atoms with Crippen LogP contribution < -0.4 is 28.7 Å². The number of methoxy groups -OCH3 is 2. The highest BCUT2D eigenvalue weighted by molar-refractivity contribution is 7.91. The quantitative estimate of drug-likeness (QED) is 0.182. The number of benzene rings is 4. The summed E-state index contributed by atoms with van der Waals surface area (Å²) < 4.78 is 83.7. The van der Waals surface area contributed by atoms with Crippen molar-refractivity contribution in [2.75, 3.05) is 63.4 Å². The van der Waals surface area contributed by atoms with Gasteiger partial charge < -0.3 is 28.7 Å². The van der Waals surface area contributed by atoms with Gasteiger partial charge in [-0.2, -0.15) is 0 Å². The molecule has 14 rings (SSSR count). The van der Waals surface area contributed by atoms with E-state index in [1.165, 1.54) is 22.3 Å². The molecule has 6 aliphatic carbocycles. The molecular weight excluding hydrogens is 1170 g/mol. The molecule has 4 heterocycles. The summed E-state index contributed by atoms with van der Waals surface area (Å²) >= 11 is 12.8. The molecule has 4 aromatic carbocycles. The number of aryl methyl sites for hydroxylation is 2. The second-order valence-corrected chi connectivity index (χ2v) is 31.6. The number of carbonyl (C=O) groups excluding carboxylic acids is 2. The van der Waals surface area contributed by atoms with Gasteiger partial charge in [0.1, 0.15) is 11.5 Å². The summed E-state index contributed by atoms with van der Waals surface area (Å²) in [7, 11) is -4.09. The maximum atomic E-state index is 13.5. The predicted molar refractivity (Wildman–Crippen MR) is 337 cm³/mol. The van der Waals surface area contributed by atoms with Crippen molar-refractivity contribution in [2.24, 2.45) is 35.5 Å². The first-order chi connectivity index (χ1) is 41.5. The number of allylic oxidation sites excluding steroid dienone is 2. The minimum absolute atomic E-state index is 0.0103. The van der Waals surface area contributed by atoms with E-state index in [2.05, 4.69) is 67.8 Å². The van der Waals surface area contributed by atoms with Crippen molar-refractivity contribution in [3.8, 4) is 11.5 Å². The number of carbonyl (C=O) groups is 2. The third kappa shape index (κ3) is 11.9. The number of hydrogen-bond acceptors (Lipinski definition) is 12. The molecule has 18 heteroatoms. The van der Waals surface area contributed by atoms with E-state index >= 15 is 0 Å². The predicted octanol–water partition coefficient (Wildman–Crippen LogP) is 12.1. The van der Waals surface area contributed by atoms with Crippen molar-refractivity contribution < 1.29 is 45.4 Å². The maximum absolute atomic E-state index is 13.5. The van der Waals surface area contributed by atoms with Crippen LogP contribution >= 0.6 is 23.2 Å². The smallest absolute Gasteiger partial charge is 0.264 e. The van der Waals surface area contributed by atoms with E-state index < -0.39 is 42.4 Å². The van der Waals surface area contributed by atoms with E-state index in [9.17, 15) is 26.4 Å². The lowest BCUT2D eigenvalue weighted by atomic mass is 9.68. The van der Waals surface area contributed by atoms with Crippen LogP contribution in [0.5, 0.6) is 11.5 Å². The van der Waals surface area contributed by atoms with Crippen molar-refractivity contribution in [1.29, 1.82) is 0 Å². The molecule has 0 aromatic heterocycles. The van der Waals surface area contributed by atoms with Gasteiger partial charge in [0.05, 0.1) is 47.3 Å². The molecule has 0 saturated heterocycles. The molecule has 14 nitrogen and oxygen atoms in total. The van der Waals surface area contributed by atoms with Crippen molar-refractivity contribution in [2.45, 2.75) is 149 Å². The monoisotopic (exact) mass is 1250 g/mol. The van der Waals surface area contributed by atoms with Gasteiger partial charge in [0.2, 0.25) is 20.0 Å². The van der Waals surface area contributed by atoms with Gasteiger partial charge in [0, 0.05) is 72.4 Å². The van der Waals surface area contributed by atoms with Gasteiger partial charge in [-0.1, -0.05) is 72.5 Å². The second-order valence-electron chi connectivity index (χ2n) is 26.8. The molecule has 2 spiro atoms. The van der Waals surface area contributed by atoms with E-state index in [4.69, 9.17) is 42.1 Å². The van der Waals surface area contributed by atoms with Crippen LogP contribution in [0.2, 0.25) is 10.0 Å². The van der Waals surface area contributed by atoms with E-state index in [0.717, 1.165) is 149 Å². The summed E-state index contributed by atoms with van der Waals surface area (Å²) in [5.41, 5.74) is 7.08. The van der Waals surface area contributed by atoms with Crippen LogP contribution in [0.15, 0.2) is 97.1 Å². The van der Waals surface area contributed by atoms with E-state index in [1.54, 1.807) is 26.4 Å². The summed E-state index contributed by atoms with van der Waals surface area (Å²) in [6, 6.07) is 23.2. The Bertz CT molecular complexity index is 3320. The van der Waals surface area contributed by atoms with E-state index in [0.29, 0.717) is 73.7 Å². The molecule has 12 atom stereocenters. The Balaban J connectivity index is 0.000000160. The molecular formula is C68H82Cl2N4O10S2. The number of sulfonamides is 2. The number of fused-ring (bicyclic) bond motifs is 12. The highest BCUT2D eigenvalue weighted by Crippen LogP contribution is 2.50. The Labute approximate surface area is 518 Å². The summed E-state index contributed by atoms with van der Waals surface area (Å²) in [6.07, 6.45) is 24.9. The Morgan fingerprint density at radius 1 is 0.535 bits per heavy atom. The van der Waals surface area contributed by atoms with Crippen LogP contribution in [0.1, 0.15) is 146 Å². The molecule has 4 saturated carbocycles. The molecule has 2 amide bonds. The first-order valence-electron chi connectivity index (χ1n) is 31.6. The lowest BCUT2D eigenvalue weighted by molar-refractivity contribution is 0.0129.